The maximum absolute atomic E-state index is 4.56. The number of hydrogen-bond acceptors (Lipinski definition) is 4. The second-order valence-electron chi connectivity index (χ2n) is 4.62. The van der Waals surface area contributed by atoms with Gasteiger partial charge in [-0.15, -0.1) is 10.2 Å². The fraction of sp³-hybridized carbons (Fsp3) is 0.357. The van der Waals surface area contributed by atoms with Crippen molar-refractivity contribution in [2.45, 2.75) is 31.8 Å². The highest BCUT2D eigenvalue weighted by atomic mass is 32.2. The molecule has 0 bridgehead atoms. The lowest BCUT2D eigenvalue weighted by molar-refractivity contribution is 0.862. The summed E-state index contributed by atoms with van der Waals surface area (Å²) in [5.74, 6) is 1.04. The van der Waals surface area contributed by atoms with Gasteiger partial charge in [-0.3, -0.25) is 0 Å². The van der Waals surface area contributed by atoms with Gasteiger partial charge in [0.05, 0.1) is 5.52 Å². The molecular formula is C14H16N4S. The third kappa shape index (κ3) is 2.30. The van der Waals surface area contributed by atoms with Crippen LogP contribution in [-0.4, -0.2) is 25.9 Å². The van der Waals surface area contributed by atoms with Crippen molar-refractivity contribution in [3.8, 4) is 0 Å². The number of thioether (sulfide) groups is 1. The first-order chi connectivity index (χ1) is 9.29. The molecule has 1 N–H and O–H groups in total. The molecule has 1 aromatic carbocycles. The monoisotopic (exact) mass is 272 g/mol. The summed E-state index contributed by atoms with van der Waals surface area (Å²) in [6, 6.07) is 6.18. The Morgan fingerprint density at radius 2 is 2.16 bits per heavy atom. The summed E-state index contributed by atoms with van der Waals surface area (Å²) in [4.78, 5) is 7.91. The Morgan fingerprint density at radius 1 is 1.26 bits per heavy atom. The van der Waals surface area contributed by atoms with E-state index in [9.17, 15) is 0 Å². The van der Waals surface area contributed by atoms with Crippen molar-refractivity contribution in [3.63, 3.8) is 0 Å². The number of hydrogen-bond donors (Lipinski definition) is 1. The lowest BCUT2D eigenvalue weighted by atomic mass is 10.1. The fourth-order valence-electron chi connectivity index (χ4n) is 2.10. The van der Waals surface area contributed by atoms with Gasteiger partial charge in [-0.05, 0) is 18.9 Å². The Labute approximate surface area is 116 Å². The number of nitrogens with zero attached hydrogens (tertiary/aromatic N) is 3. The second kappa shape index (κ2) is 5.17. The van der Waals surface area contributed by atoms with E-state index >= 15 is 0 Å². The first-order valence-electron chi connectivity index (χ1n) is 6.54. The van der Waals surface area contributed by atoms with Gasteiger partial charge in [0.25, 0.3) is 0 Å². The van der Waals surface area contributed by atoms with E-state index in [1.54, 1.807) is 11.8 Å². The molecule has 0 radical (unpaired) electrons. The molecule has 19 heavy (non-hydrogen) atoms. The Bertz CT molecular complexity index is 720. The number of rotatable bonds is 4. The number of benzene rings is 1. The Morgan fingerprint density at radius 3 is 3.00 bits per heavy atom. The lowest BCUT2D eigenvalue weighted by Gasteiger charge is -1.97. The molecule has 0 aliphatic carbocycles. The molecule has 3 aromatic rings. The van der Waals surface area contributed by atoms with Gasteiger partial charge in [0.15, 0.2) is 5.65 Å². The Balaban J connectivity index is 2.04. The van der Waals surface area contributed by atoms with Crippen LogP contribution in [-0.2, 0) is 0 Å². The third-order valence-corrected chi connectivity index (χ3v) is 4.09. The maximum Gasteiger partial charge on any atom is 0.211 e. The predicted octanol–water partition coefficient (Wildman–Crippen LogP) is 3.71. The normalized spacial score (nSPS) is 11.5. The van der Waals surface area contributed by atoms with E-state index in [1.165, 1.54) is 18.4 Å². The SMILES string of the molecule is CCCCSc1nnc2c(n1)[nH]c1c(C)cccc12. The third-order valence-electron chi connectivity index (χ3n) is 3.17. The maximum atomic E-state index is 4.56. The summed E-state index contributed by atoms with van der Waals surface area (Å²) >= 11 is 1.67. The summed E-state index contributed by atoms with van der Waals surface area (Å²) in [5.41, 5.74) is 4.00. The van der Waals surface area contributed by atoms with E-state index in [-0.39, 0.29) is 0 Å². The number of unbranched alkanes of at least 4 members (excludes halogenated alkanes) is 1. The Kier molecular flexibility index (Phi) is 3.38. The second-order valence-corrected chi connectivity index (χ2v) is 5.68. The summed E-state index contributed by atoms with van der Waals surface area (Å²) in [6.07, 6.45) is 2.37. The molecule has 2 heterocycles. The number of aryl methyl sites for hydroxylation is 1. The van der Waals surface area contributed by atoms with Gasteiger partial charge >= 0.3 is 0 Å². The van der Waals surface area contributed by atoms with E-state index in [2.05, 4.69) is 46.1 Å². The van der Waals surface area contributed by atoms with Crippen LogP contribution in [0.25, 0.3) is 22.1 Å². The molecule has 0 saturated heterocycles. The number of H-pyrrole nitrogens is 1. The quantitative estimate of drug-likeness (QED) is 0.581. The highest BCUT2D eigenvalue weighted by molar-refractivity contribution is 7.99. The molecule has 0 spiro atoms. The van der Waals surface area contributed by atoms with Crippen molar-refractivity contribution in [3.05, 3.63) is 23.8 Å². The smallest absolute Gasteiger partial charge is 0.211 e. The van der Waals surface area contributed by atoms with Crippen molar-refractivity contribution in [2.75, 3.05) is 5.75 Å². The van der Waals surface area contributed by atoms with Crippen LogP contribution in [0.2, 0.25) is 0 Å². The molecular weight excluding hydrogens is 256 g/mol. The van der Waals surface area contributed by atoms with Gasteiger partial charge in [0.1, 0.15) is 5.52 Å². The average Bonchev–Trinajstić information content (AvgIpc) is 2.79. The molecule has 98 valence electrons. The first kappa shape index (κ1) is 12.4. The molecule has 4 nitrogen and oxygen atoms in total. The van der Waals surface area contributed by atoms with Crippen LogP contribution in [0.4, 0.5) is 0 Å². The molecule has 0 aliphatic heterocycles. The van der Waals surface area contributed by atoms with Crippen molar-refractivity contribution >= 4 is 33.8 Å². The standard InChI is InChI=1S/C14H16N4S/c1-3-4-8-19-14-16-13-12(17-18-14)10-7-5-6-9(2)11(10)15-13/h5-7H,3-4,8H2,1-2H3,(H,15,16,18). The first-order valence-corrected chi connectivity index (χ1v) is 7.52. The minimum atomic E-state index is 0.755. The number of para-hydroxylation sites is 1. The van der Waals surface area contributed by atoms with Gasteiger partial charge in [0.2, 0.25) is 5.16 Å². The minimum absolute atomic E-state index is 0.755. The van der Waals surface area contributed by atoms with Crippen LogP contribution < -0.4 is 0 Å². The van der Waals surface area contributed by atoms with E-state index in [0.29, 0.717) is 0 Å². The number of fused-ring (bicyclic) bond motifs is 3. The van der Waals surface area contributed by atoms with E-state index in [1.807, 2.05) is 6.07 Å². The van der Waals surface area contributed by atoms with Gasteiger partial charge in [0, 0.05) is 11.1 Å². The van der Waals surface area contributed by atoms with Crippen molar-refractivity contribution in [1.29, 1.82) is 0 Å². The molecule has 0 atom stereocenters. The van der Waals surface area contributed by atoms with Crippen molar-refractivity contribution in [1.82, 2.24) is 20.2 Å². The largest absolute Gasteiger partial charge is 0.337 e. The van der Waals surface area contributed by atoms with Gasteiger partial charge in [-0.25, -0.2) is 4.98 Å². The molecule has 2 aromatic heterocycles. The Hall–Kier alpha value is -1.62. The van der Waals surface area contributed by atoms with Crippen molar-refractivity contribution < 1.29 is 0 Å². The number of aromatic nitrogens is 4. The zero-order valence-electron chi connectivity index (χ0n) is 11.1. The predicted molar refractivity (Wildman–Crippen MR) is 79.6 cm³/mol. The van der Waals surface area contributed by atoms with Crippen LogP contribution >= 0.6 is 11.8 Å². The lowest BCUT2D eigenvalue weighted by Crippen LogP contribution is -1.92. The van der Waals surface area contributed by atoms with Gasteiger partial charge in [-0.1, -0.05) is 43.3 Å². The van der Waals surface area contributed by atoms with E-state index in [0.717, 1.165) is 33.0 Å². The van der Waals surface area contributed by atoms with Crippen LogP contribution in [0.3, 0.4) is 0 Å². The zero-order chi connectivity index (χ0) is 13.2. The average molecular weight is 272 g/mol. The molecule has 0 fully saturated rings. The van der Waals surface area contributed by atoms with Crippen LogP contribution in [0.1, 0.15) is 25.3 Å². The van der Waals surface area contributed by atoms with Crippen LogP contribution in [0, 0.1) is 6.92 Å². The zero-order valence-corrected chi connectivity index (χ0v) is 11.9. The van der Waals surface area contributed by atoms with E-state index in [4.69, 9.17) is 0 Å². The summed E-state index contributed by atoms with van der Waals surface area (Å²) < 4.78 is 0. The molecule has 0 unspecified atom stereocenters. The molecule has 3 rings (SSSR count). The highest BCUT2D eigenvalue weighted by Crippen LogP contribution is 2.25. The minimum Gasteiger partial charge on any atom is -0.337 e. The fourth-order valence-corrected chi connectivity index (χ4v) is 2.97. The summed E-state index contributed by atoms with van der Waals surface area (Å²) in [6.45, 7) is 4.27. The number of nitrogens with one attached hydrogen (secondary N) is 1. The van der Waals surface area contributed by atoms with Gasteiger partial charge in [-0.2, -0.15) is 0 Å². The molecule has 0 aliphatic rings. The van der Waals surface area contributed by atoms with Crippen LogP contribution in [0.5, 0.6) is 0 Å². The van der Waals surface area contributed by atoms with Crippen molar-refractivity contribution in [2.24, 2.45) is 0 Å². The molecule has 0 amide bonds. The molecule has 0 saturated carbocycles. The summed E-state index contributed by atoms with van der Waals surface area (Å²) in [7, 11) is 0. The molecule has 5 heteroatoms. The van der Waals surface area contributed by atoms with E-state index < -0.39 is 0 Å². The summed E-state index contributed by atoms with van der Waals surface area (Å²) in [5, 5.41) is 10.4. The highest BCUT2D eigenvalue weighted by Gasteiger charge is 2.10. The number of aromatic amines is 1. The van der Waals surface area contributed by atoms with Gasteiger partial charge < -0.3 is 4.98 Å². The topological polar surface area (TPSA) is 54.5 Å². The van der Waals surface area contributed by atoms with Crippen LogP contribution in [0.15, 0.2) is 23.4 Å².